The molecule has 2 aliphatic heterocycles. The van der Waals surface area contributed by atoms with Gasteiger partial charge in [-0.15, -0.1) is 0 Å². The van der Waals surface area contributed by atoms with E-state index in [0.29, 0.717) is 12.5 Å². The second-order valence-electron chi connectivity index (χ2n) is 7.42. The average Bonchev–Trinajstić information content (AvgIpc) is 3.17. The highest BCUT2D eigenvalue weighted by Gasteiger charge is 2.49. The van der Waals surface area contributed by atoms with E-state index in [1.807, 2.05) is 21.7 Å². The number of nitrogens with zero attached hydrogens (tertiary/aromatic N) is 2. The van der Waals surface area contributed by atoms with Gasteiger partial charge >= 0.3 is 0 Å². The lowest BCUT2D eigenvalue weighted by atomic mass is 9.77. The summed E-state index contributed by atoms with van der Waals surface area (Å²) in [7, 11) is 0. The number of piperidine rings is 1. The molecule has 2 amide bonds. The number of amides is 2. The van der Waals surface area contributed by atoms with Crippen LogP contribution in [-0.4, -0.2) is 47.8 Å². The van der Waals surface area contributed by atoms with Crippen molar-refractivity contribution in [2.24, 2.45) is 11.3 Å². The van der Waals surface area contributed by atoms with Gasteiger partial charge in [0, 0.05) is 31.6 Å². The lowest BCUT2D eigenvalue weighted by Crippen LogP contribution is -2.52. The third-order valence-corrected chi connectivity index (χ3v) is 6.62. The van der Waals surface area contributed by atoms with Crippen LogP contribution in [0.2, 0.25) is 0 Å². The second kappa shape index (κ2) is 5.93. The van der Waals surface area contributed by atoms with Gasteiger partial charge in [-0.3, -0.25) is 9.59 Å². The maximum absolute atomic E-state index is 13.1. The quantitative estimate of drug-likeness (QED) is 0.854. The topological polar surface area (TPSA) is 40.6 Å². The first kappa shape index (κ1) is 15.2. The molecule has 3 heterocycles. The van der Waals surface area contributed by atoms with Gasteiger partial charge in [0.05, 0.1) is 11.0 Å². The highest BCUT2D eigenvalue weighted by Crippen LogP contribution is 2.41. The zero-order valence-electron chi connectivity index (χ0n) is 13.5. The Balaban J connectivity index is 1.45. The molecule has 2 saturated heterocycles. The van der Waals surface area contributed by atoms with E-state index in [2.05, 4.69) is 4.90 Å². The number of likely N-dealkylation sites (tertiary alicyclic amines) is 2. The molecular weight excluding hydrogens is 308 g/mol. The van der Waals surface area contributed by atoms with Crippen molar-refractivity contribution < 1.29 is 9.59 Å². The molecule has 0 aromatic carbocycles. The predicted octanol–water partition coefficient (Wildman–Crippen LogP) is 3.00. The van der Waals surface area contributed by atoms with E-state index in [9.17, 15) is 9.59 Å². The Kier molecular flexibility index (Phi) is 3.92. The fraction of sp³-hybridized carbons (Fsp3) is 0.667. The van der Waals surface area contributed by atoms with Gasteiger partial charge in [0.1, 0.15) is 0 Å². The third-order valence-electron chi connectivity index (χ3n) is 5.94. The zero-order valence-corrected chi connectivity index (χ0v) is 14.3. The third kappa shape index (κ3) is 2.69. The SMILES string of the molecule is O=C(c1ccsc1)N1CCC2(CCCN(CC3CCC3)C2=O)C1. The van der Waals surface area contributed by atoms with Crippen LogP contribution in [0.4, 0.5) is 0 Å². The number of carbonyl (C=O) groups excluding carboxylic acids is 2. The van der Waals surface area contributed by atoms with Crippen molar-refractivity contribution in [3.05, 3.63) is 22.4 Å². The van der Waals surface area contributed by atoms with E-state index in [1.54, 1.807) is 11.3 Å². The zero-order chi connectivity index (χ0) is 15.9. The molecule has 1 aromatic rings. The molecule has 1 spiro atoms. The van der Waals surface area contributed by atoms with Gasteiger partial charge < -0.3 is 9.80 Å². The molecule has 3 fully saturated rings. The summed E-state index contributed by atoms with van der Waals surface area (Å²) in [6.07, 6.45) is 6.74. The van der Waals surface area contributed by atoms with E-state index < -0.39 is 0 Å². The van der Waals surface area contributed by atoms with Crippen LogP contribution in [-0.2, 0) is 4.79 Å². The van der Waals surface area contributed by atoms with Crippen LogP contribution in [0.3, 0.4) is 0 Å². The van der Waals surface area contributed by atoms with Crippen LogP contribution in [0.15, 0.2) is 16.8 Å². The van der Waals surface area contributed by atoms with Crippen LogP contribution in [0.1, 0.15) is 48.9 Å². The molecule has 5 heteroatoms. The van der Waals surface area contributed by atoms with Crippen molar-refractivity contribution in [1.29, 1.82) is 0 Å². The van der Waals surface area contributed by atoms with Crippen molar-refractivity contribution in [3.8, 4) is 0 Å². The van der Waals surface area contributed by atoms with Crippen LogP contribution < -0.4 is 0 Å². The van der Waals surface area contributed by atoms with E-state index in [0.717, 1.165) is 50.4 Å². The average molecular weight is 332 g/mol. The maximum Gasteiger partial charge on any atom is 0.254 e. The fourth-order valence-electron chi connectivity index (χ4n) is 4.31. The summed E-state index contributed by atoms with van der Waals surface area (Å²) >= 11 is 1.55. The molecule has 0 bridgehead atoms. The van der Waals surface area contributed by atoms with E-state index in [1.165, 1.54) is 19.3 Å². The van der Waals surface area contributed by atoms with Crippen molar-refractivity contribution >= 4 is 23.2 Å². The van der Waals surface area contributed by atoms with Crippen LogP contribution in [0, 0.1) is 11.3 Å². The molecule has 1 aliphatic carbocycles. The van der Waals surface area contributed by atoms with E-state index in [-0.39, 0.29) is 11.3 Å². The predicted molar refractivity (Wildman–Crippen MR) is 90.4 cm³/mol. The molecule has 4 nitrogen and oxygen atoms in total. The normalized spacial score (nSPS) is 28.4. The summed E-state index contributed by atoms with van der Waals surface area (Å²) in [6.45, 7) is 3.19. The van der Waals surface area contributed by atoms with E-state index in [4.69, 9.17) is 0 Å². The number of rotatable bonds is 3. The molecule has 0 radical (unpaired) electrons. The van der Waals surface area contributed by atoms with Crippen LogP contribution in [0.5, 0.6) is 0 Å². The van der Waals surface area contributed by atoms with Gasteiger partial charge in [-0.25, -0.2) is 0 Å². The minimum absolute atomic E-state index is 0.0899. The van der Waals surface area contributed by atoms with Gasteiger partial charge in [0.25, 0.3) is 5.91 Å². The number of carbonyl (C=O) groups is 2. The summed E-state index contributed by atoms with van der Waals surface area (Å²) in [5.74, 6) is 1.13. The Hall–Kier alpha value is -1.36. The van der Waals surface area contributed by atoms with Gasteiger partial charge in [-0.2, -0.15) is 11.3 Å². The standard InChI is InChI=1S/C18H24N2O2S/c21-16(15-5-10-23-12-15)20-9-7-18(13-20)6-2-8-19(17(18)22)11-14-3-1-4-14/h5,10,12,14H,1-4,6-9,11,13H2. The monoisotopic (exact) mass is 332 g/mol. The van der Waals surface area contributed by atoms with Crippen molar-refractivity contribution in [3.63, 3.8) is 0 Å². The Morgan fingerprint density at radius 2 is 2.13 bits per heavy atom. The van der Waals surface area contributed by atoms with Crippen molar-refractivity contribution in [1.82, 2.24) is 9.80 Å². The highest BCUT2D eigenvalue weighted by atomic mass is 32.1. The molecule has 4 rings (SSSR count). The highest BCUT2D eigenvalue weighted by molar-refractivity contribution is 7.08. The molecule has 1 atom stereocenters. The summed E-state index contributed by atoms with van der Waals surface area (Å²) < 4.78 is 0. The first-order valence-electron chi connectivity index (χ1n) is 8.79. The number of hydrogen-bond acceptors (Lipinski definition) is 3. The molecule has 3 aliphatic rings. The summed E-state index contributed by atoms with van der Waals surface area (Å²) in [6, 6.07) is 1.88. The number of thiophene rings is 1. The van der Waals surface area contributed by atoms with E-state index >= 15 is 0 Å². The molecule has 1 saturated carbocycles. The van der Waals surface area contributed by atoms with Crippen molar-refractivity contribution in [2.75, 3.05) is 26.2 Å². The Labute approximate surface area is 141 Å². The second-order valence-corrected chi connectivity index (χ2v) is 8.20. The van der Waals surface area contributed by atoms with Gasteiger partial charge in [-0.05, 0) is 49.5 Å². The Bertz CT molecular complexity index is 596. The largest absolute Gasteiger partial charge is 0.342 e. The maximum atomic E-state index is 13.1. The summed E-state index contributed by atoms with van der Waals surface area (Å²) in [5, 5.41) is 3.84. The van der Waals surface area contributed by atoms with Crippen LogP contribution >= 0.6 is 11.3 Å². The smallest absolute Gasteiger partial charge is 0.254 e. The molecule has 1 aromatic heterocycles. The molecular formula is C18H24N2O2S. The lowest BCUT2D eigenvalue weighted by Gasteiger charge is -2.42. The van der Waals surface area contributed by atoms with Gasteiger partial charge in [-0.1, -0.05) is 6.42 Å². The Morgan fingerprint density at radius 1 is 1.26 bits per heavy atom. The first-order valence-corrected chi connectivity index (χ1v) is 9.73. The molecule has 23 heavy (non-hydrogen) atoms. The number of hydrogen-bond donors (Lipinski definition) is 0. The minimum Gasteiger partial charge on any atom is -0.342 e. The minimum atomic E-state index is -0.298. The van der Waals surface area contributed by atoms with Crippen LogP contribution in [0.25, 0.3) is 0 Å². The molecule has 1 unspecified atom stereocenters. The molecule has 124 valence electrons. The lowest BCUT2D eigenvalue weighted by molar-refractivity contribution is -0.146. The summed E-state index contributed by atoms with van der Waals surface area (Å²) in [4.78, 5) is 29.6. The fourth-order valence-corrected chi connectivity index (χ4v) is 4.94. The summed E-state index contributed by atoms with van der Waals surface area (Å²) in [5.41, 5.74) is 0.467. The first-order chi connectivity index (χ1) is 11.2. The molecule has 0 N–H and O–H groups in total. The van der Waals surface area contributed by atoms with Gasteiger partial charge in [0.2, 0.25) is 5.91 Å². The van der Waals surface area contributed by atoms with Gasteiger partial charge in [0.15, 0.2) is 0 Å². The van der Waals surface area contributed by atoms with Crippen molar-refractivity contribution in [2.45, 2.75) is 38.5 Å². The Morgan fingerprint density at radius 3 is 2.83 bits per heavy atom.